The van der Waals surface area contributed by atoms with E-state index in [2.05, 4.69) is 4.72 Å². The number of ketones is 1. The standard InChI is InChI=1S/C21H25NO6S/c1-14(2)13-20(21(24)28-18-7-5-16(6-8-18)15(3)23)22-29(25,26)19-11-9-17(27-4)10-12-19/h5-12,14,20,22H,13H2,1-4H3/t20-/m0/s1. The van der Waals surface area contributed by atoms with Gasteiger partial charge >= 0.3 is 5.97 Å². The summed E-state index contributed by atoms with van der Waals surface area (Å²) in [7, 11) is -2.45. The Hall–Kier alpha value is -2.71. The van der Waals surface area contributed by atoms with E-state index in [9.17, 15) is 18.0 Å². The van der Waals surface area contributed by atoms with Crippen LogP contribution < -0.4 is 14.2 Å². The lowest BCUT2D eigenvalue weighted by molar-refractivity contribution is -0.136. The number of nitrogens with one attached hydrogen (secondary N) is 1. The molecule has 0 bridgehead atoms. The average Bonchev–Trinajstić information content (AvgIpc) is 2.67. The lowest BCUT2D eigenvalue weighted by Gasteiger charge is -2.19. The predicted molar refractivity (Wildman–Crippen MR) is 109 cm³/mol. The maximum Gasteiger partial charge on any atom is 0.329 e. The van der Waals surface area contributed by atoms with Crippen LogP contribution in [0.25, 0.3) is 0 Å². The van der Waals surface area contributed by atoms with Gasteiger partial charge in [0, 0.05) is 5.56 Å². The highest BCUT2D eigenvalue weighted by Gasteiger charge is 2.28. The number of ether oxygens (including phenoxy) is 2. The molecule has 2 aromatic rings. The molecule has 1 atom stereocenters. The molecule has 0 aliphatic carbocycles. The fourth-order valence-electron chi connectivity index (χ4n) is 2.62. The van der Waals surface area contributed by atoms with Crippen LogP contribution in [0.3, 0.4) is 0 Å². The Kier molecular flexibility index (Phi) is 7.53. The second-order valence-electron chi connectivity index (χ2n) is 6.98. The van der Waals surface area contributed by atoms with Crippen LogP contribution >= 0.6 is 0 Å². The van der Waals surface area contributed by atoms with Crippen LogP contribution in [0.5, 0.6) is 11.5 Å². The molecule has 156 valence electrons. The van der Waals surface area contributed by atoms with Gasteiger partial charge in [0.2, 0.25) is 10.0 Å². The largest absolute Gasteiger partial charge is 0.497 e. The van der Waals surface area contributed by atoms with Crippen molar-refractivity contribution < 1.29 is 27.5 Å². The topological polar surface area (TPSA) is 98.8 Å². The van der Waals surface area contributed by atoms with Crippen LogP contribution in [0, 0.1) is 5.92 Å². The van der Waals surface area contributed by atoms with Gasteiger partial charge in [-0.3, -0.25) is 4.79 Å². The Morgan fingerprint density at radius 2 is 1.52 bits per heavy atom. The summed E-state index contributed by atoms with van der Waals surface area (Å²) in [6, 6.07) is 10.9. The predicted octanol–water partition coefficient (Wildman–Crippen LogP) is 3.20. The van der Waals surface area contributed by atoms with Crippen molar-refractivity contribution in [1.29, 1.82) is 0 Å². The van der Waals surface area contributed by atoms with Crippen LogP contribution in [0.2, 0.25) is 0 Å². The summed E-state index contributed by atoms with van der Waals surface area (Å²) in [5.41, 5.74) is 0.490. The van der Waals surface area contributed by atoms with Crippen molar-refractivity contribution in [3.05, 3.63) is 54.1 Å². The first-order chi connectivity index (χ1) is 13.6. The molecule has 0 amide bonds. The van der Waals surface area contributed by atoms with Gasteiger partial charge in [-0.25, -0.2) is 13.2 Å². The van der Waals surface area contributed by atoms with Gasteiger partial charge in [0.25, 0.3) is 0 Å². The van der Waals surface area contributed by atoms with E-state index in [0.29, 0.717) is 11.3 Å². The Morgan fingerprint density at radius 3 is 2.00 bits per heavy atom. The third kappa shape index (κ3) is 6.40. The maximum absolute atomic E-state index is 12.7. The minimum absolute atomic E-state index is 0.0191. The number of rotatable bonds is 9. The summed E-state index contributed by atoms with van der Waals surface area (Å²) in [4.78, 5) is 24.0. The fraction of sp³-hybridized carbons (Fsp3) is 0.333. The van der Waals surface area contributed by atoms with E-state index in [1.807, 2.05) is 13.8 Å². The van der Waals surface area contributed by atoms with Crippen LogP contribution in [-0.4, -0.2) is 33.3 Å². The molecule has 2 rings (SSSR count). The zero-order valence-corrected chi connectivity index (χ0v) is 17.7. The number of hydrogen-bond acceptors (Lipinski definition) is 6. The van der Waals surface area contributed by atoms with Crippen molar-refractivity contribution in [2.75, 3.05) is 7.11 Å². The average molecular weight is 419 g/mol. The molecule has 0 aliphatic rings. The van der Waals surface area contributed by atoms with E-state index in [-0.39, 0.29) is 28.8 Å². The smallest absolute Gasteiger partial charge is 0.329 e. The summed E-state index contributed by atoms with van der Waals surface area (Å²) in [5, 5.41) is 0. The van der Waals surface area contributed by atoms with Crippen molar-refractivity contribution in [2.45, 2.75) is 38.1 Å². The highest BCUT2D eigenvalue weighted by Crippen LogP contribution is 2.19. The van der Waals surface area contributed by atoms with E-state index in [0.717, 1.165) is 0 Å². The molecule has 0 aromatic heterocycles. The van der Waals surface area contributed by atoms with Gasteiger partial charge in [0.15, 0.2) is 5.78 Å². The second kappa shape index (κ2) is 9.67. The highest BCUT2D eigenvalue weighted by atomic mass is 32.2. The number of sulfonamides is 1. The number of hydrogen-bond donors (Lipinski definition) is 1. The van der Waals surface area contributed by atoms with Crippen LogP contribution in [0.4, 0.5) is 0 Å². The lowest BCUT2D eigenvalue weighted by atomic mass is 10.0. The van der Waals surface area contributed by atoms with Crippen molar-refractivity contribution in [3.63, 3.8) is 0 Å². The van der Waals surface area contributed by atoms with Gasteiger partial charge in [0.1, 0.15) is 17.5 Å². The Bertz CT molecular complexity index is 950. The normalized spacial score (nSPS) is 12.4. The first-order valence-electron chi connectivity index (χ1n) is 9.11. The minimum atomic E-state index is -3.94. The van der Waals surface area contributed by atoms with E-state index in [1.165, 1.54) is 50.4 Å². The van der Waals surface area contributed by atoms with Crippen LogP contribution in [0.15, 0.2) is 53.4 Å². The third-order valence-corrected chi connectivity index (χ3v) is 5.63. The molecule has 0 heterocycles. The summed E-state index contributed by atoms with van der Waals surface area (Å²) < 4.78 is 38.2. The molecule has 29 heavy (non-hydrogen) atoms. The summed E-state index contributed by atoms with van der Waals surface area (Å²) in [5.74, 6) is -0.0149. The molecule has 1 N–H and O–H groups in total. The van der Waals surface area contributed by atoms with Crippen molar-refractivity contribution in [1.82, 2.24) is 4.72 Å². The Labute approximate surface area is 171 Å². The Balaban J connectivity index is 2.18. The number of carbonyl (C=O) groups is 2. The summed E-state index contributed by atoms with van der Waals surface area (Å²) in [6.45, 7) is 5.20. The van der Waals surface area contributed by atoms with Gasteiger partial charge < -0.3 is 9.47 Å². The number of benzene rings is 2. The molecule has 0 unspecified atom stereocenters. The molecular formula is C21H25NO6S. The summed E-state index contributed by atoms with van der Waals surface area (Å²) in [6.07, 6.45) is 0.264. The Morgan fingerprint density at radius 1 is 0.966 bits per heavy atom. The number of esters is 1. The SMILES string of the molecule is COc1ccc(S(=O)(=O)N[C@@H](CC(C)C)C(=O)Oc2ccc(C(C)=O)cc2)cc1. The molecule has 2 aromatic carbocycles. The number of methoxy groups -OCH3 is 1. The number of carbonyl (C=O) groups excluding carboxylic acids is 2. The minimum Gasteiger partial charge on any atom is -0.497 e. The maximum atomic E-state index is 12.7. The van der Waals surface area contributed by atoms with E-state index >= 15 is 0 Å². The third-order valence-electron chi connectivity index (χ3n) is 4.14. The van der Waals surface area contributed by atoms with E-state index in [1.54, 1.807) is 12.1 Å². The molecule has 0 fully saturated rings. The second-order valence-corrected chi connectivity index (χ2v) is 8.69. The first kappa shape index (κ1) is 22.6. The van der Waals surface area contributed by atoms with E-state index < -0.39 is 22.0 Å². The monoisotopic (exact) mass is 419 g/mol. The zero-order valence-electron chi connectivity index (χ0n) is 16.8. The zero-order chi connectivity index (χ0) is 21.6. The first-order valence-corrected chi connectivity index (χ1v) is 10.6. The quantitative estimate of drug-likeness (QED) is 0.381. The van der Waals surface area contributed by atoms with Crippen molar-refractivity contribution in [2.24, 2.45) is 5.92 Å². The highest BCUT2D eigenvalue weighted by molar-refractivity contribution is 7.89. The van der Waals surface area contributed by atoms with Gasteiger partial charge in [-0.05, 0) is 67.8 Å². The van der Waals surface area contributed by atoms with Crippen molar-refractivity contribution in [3.8, 4) is 11.5 Å². The molecule has 0 saturated carbocycles. The molecule has 0 radical (unpaired) electrons. The van der Waals surface area contributed by atoms with Crippen molar-refractivity contribution >= 4 is 21.8 Å². The number of Topliss-reactive ketones (excluding diaryl/α,β-unsaturated/α-hetero) is 1. The summed E-state index contributed by atoms with van der Waals surface area (Å²) >= 11 is 0. The van der Waals surface area contributed by atoms with Gasteiger partial charge in [-0.15, -0.1) is 0 Å². The van der Waals surface area contributed by atoms with Crippen LogP contribution in [-0.2, 0) is 14.8 Å². The van der Waals surface area contributed by atoms with E-state index in [4.69, 9.17) is 9.47 Å². The molecule has 0 spiro atoms. The lowest BCUT2D eigenvalue weighted by Crippen LogP contribution is -2.43. The fourth-order valence-corrected chi connectivity index (χ4v) is 3.82. The molecule has 0 saturated heterocycles. The molecule has 8 heteroatoms. The molecule has 0 aliphatic heterocycles. The van der Waals surface area contributed by atoms with Gasteiger partial charge in [-0.2, -0.15) is 4.72 Å². The molecule has 7 nitrogen and oxygen atoms in total. The van der Waals surface area contributed by atoms with Gasteiger partial charge in [-0.1, -0.05) is 13.8 Å². The van der Waals surface area contributed by atoms with Crippen LogP contribution in [0.1, 0.15) is 37.6 Å². The molecular weight excluding hydrogens is 394 g/mol. The van der Waals surface area contributed by atoms with Gasteiger partial charge in [0.05, 0.1) is 12.0 Å².